The van der Waals surface area contributed by atoms with Gasteiger partial charge in [0.05, 0.1) is 23.8 Å². The van der Waals surface area contributed by atoms with E-state index in [1.165, 1.54) is 11.0 Å². The normalized spacial score (nSPS) is 19.5. The number of benzene rings is 2. The van der Waals surface area contributed by atoms with Crippen molar-refractivity contribution in [3.63, 3.8) is 0 Å². The van der Waals surface area contributed by atoms with E-state index in [0.29, 0.717) is 56.3 Å². The molecule has 2 fully saturated rings. The van der Waals surface area contributed by atoms with Crippen molar-refractivity contribution in [3.8, 4) is 0 Å². The Kier molecular flexibility index (Phi) is 6.24. The molecule has 0 unspecified atom stereocenters. The molecule has 1 N–H and O–H groups in total. The fraction of sp³-hybridized carbons (Fsp3) is 0.360. The fourth-order valence-corrected chi connectivity index (χ4v) is 6.44. The lowest BCUT2D eigenvalue weighted by atomic mass is 10.1. The number of hydrogen-bond acceptors (Lipinski definition) is 7. The van der Waals surface area contributed by atoms with Crippen LogP contribution in [-0.2, 0) is 24.2 Å². The van der Waals surface area contributed by atoms with Crippen LogP contribution in [0.4, 0.5) is 11.4 Å². The van der Waals surface area contributed by atoms with E-state index in [-0.39, 0.29) is 15.7 Å². The van der Waals surface area contributed by atoms with Crippen molar-refractivity contribution >= 4 is 38.7 Å². The van der Waals surface area contributed by atoms with Crippen LogP contribution < -0.4 is 10.2 Å². The lowest BCUT2D eigenvalue weighted by molar-refractivity contribution is -0.130. The molecule has 2 amide bonds. The van der Waals surface area contributed by atoms with Crippen LogP contribution in [0.2, 0.25) is 0 Å². The maximum Gasteiger partial charge on any atom is 0.268 e. The fourth-order valence-electron chi connectivity index (χ4n) is 4.71. The topological polar surface area (TPSA) is 99.3 Å². The van der Waals surface area contributed by atoms with Gasteiger partial charge in [0, 0.05) is 63.1 Å². The van der Waals surface area contributed by atoms with Gasteiger partial charge in [0.2, 0.25) is 15.7 Å². The Hall–Kier alpha value is -3.37. The predicted molar refractivity (Wildman–Crippen MR) is 132 cm³/mol. The van der Waals surface area contributed by atoms with Gasteiger partial charge >= 0.3 is 0 Å². The van der Waals surface area contributed by atoms with Gasteiger partial charge in [0.15, 0.2) is 4.91 Å². The van der Waals surface area contributed by atoms with E-state index in [2.05, 4.69) is 10.2 Å². The first-order valence-corrected chi connectivity index (χ1v) is 13.2. The van der Waals surface area contributed by atoms with Crippen LogP contribution >= 0.6 is 0 Å². The Labute approximate surface area is 204 Å². The molecule has 3 aliphatic rings. The van der Waals surface area contributed by atoms with E-state index in [0.717, 1.165) is 18.8 Å². The third-order valence-corrected chi connectivity index (χ3v) is 8.51. The van der Waals surface area contributed by atoms with Gasteiger partial charge in [0.1, 0.15) is 0 Å². The van der Waals surface area contributed by atoms with E-state index in [1.54, 1.807) is 25.1 Å². The summed E-state index contributed by atoms with van der Waals surface area (Å²) in [6.45, 7) is 5.94. The number of nitrogens with one attached hydrogen (secondary N) is 1. The summed E-state index contributed by atoms with van der Waals surface area (Å²) in [6, 6.07) is 14.4. The molecule has 3 heterocycles. The largest absolute Gasteiger partial charge is 0.378 e. The summed E-state index contributed by atoms with van der Waals surface area (Å²) in [4.78, 5) is 30.5. The Morgan fingerprint density at radius 3 is 2.17 bits per heavy atom. The second-order valence-electron chi connectivity index (χ2n) is 8.77. The number of morpholine rings is 1. The first-order chi connectivity index (χ1) is 16.9. The van der Waals surface area contributed by atoms with Gasteiger partial charge in [-0.1, -0.05) is 18.2 Å². The average Bonchev–Trinajstić information content (AvgIpc) is 3.11. The van der Waals surface area contributed by atoms with E-state index in [1.807, 2.05) is 29.2 Å². The Bertz CT molecular complexity index is 1280. The van der Waals surface area contributed by atoms with Crippen LogP contribution in [0.25, 0.3) is 5.70 Å². The monoisotopic (exact) mass is 496 g/mol. The molecule has 0 bridgehead atoms. The highest BCUT2D eigenvalue weighted by molar-refractivity contribution is 7.97. The minimum absolute atomic E-state index is 0.0895. The van der Waals surface area contributed by atoms with Gasteiger partial charge in [-0.25, -0.2) is 8.42 Å². The molecule has 0 radical (unpaired) electrons. The molecule has 184 valence electrons. The molecule has 0 aromatic heterocycles. The average molecular weight is 497 g/mol. The number of rotatable bonds is 4. The summed E-state index contributed by atoms with van der Waals surface area (Å²) >= 11 is 0. The minimum atomic E-state index is -3.96. The third kappa shape index (κ3) is 4.39. The molecule has 0 aliphatic carbocycles. The number of hydrogen-bond donors (Lipinski definition) is 1. The number of fused-ring (bicyclic) bond motifs is 1. The number of amides is 2. The van der Waals surface area contributed by atoms with Gasteiger partial charge in [-0.05, 0) is 30.3 Å². The third-order valence-electron chi connectivity index (χ3n) is 6.66. The highest BCUT2D eigenvalue weighted by Gasteiger charge is 2.42. The van der Waals surface area contributed by atoms with E-state index in [4.69, 9.17) is 4.74 Å². The van der Waals surface area contributed by atoms with Gasteiger partial charge in [-0.2, -0.15) is 0 Å². The molecule has 2 aromatic carbocycles. The Morgan fingerprint density at radius 1 is 0.857 bits per heavy atom. The van der Waals surface area contributed by atoms with Gasteiger partial charge < -0.3 is 24.8 Å². The van der Waals surface area contributed by atoms with Crippen molar-refractivity contribution in [1.29, 1.82) is 0 Å². The quantitative estimate of drug-likeness (QED) is 0.689. The van der Waals surface area contributed by atoms with Crippen LogP contribution in [0.5, 0.6) is 0 Å². The summed E-state index contributed by atoms with van der Waals surface area (Å²) in [5.74, 6) is -0.418. The zero-order valence-electron chi connectivity index (χ0n) is 19.6. The van der Waals surface area contributed by atoms with Crippen LogP contribution in [-0.4, -0.2) is 82.5 Å². The number of nitrogens with zero attached hydrogens (tertiary/aromatic N) is 3. The van der Waals surface area contributed by atoms with Crippen molar-refractivity contribution in [2.45, 2.75) is 11.8 Å². The van der Waals surface area contributed by atoms with Gasteiger partial charge in [0.25, 0.3) is 5.91 Å². The van der Waals surface area contributed by atoms with E-state index < -0.39 is 15.7 Å². The molecule has 2 aromatic rings. The standard InChI is InChI=1S/C25H28N4O5S/c1-18(30)27-10-12-28(13-11-27)20-8-6-19(7-9-20)26-23-21-4-2-3-5-22(21)35(32,33)24(23)25(31)29-14-16-34-17-15-29/h2-9,26H,10-17H2,1H3. The molecule has 9 nitrogen and oxygen atoms in total. The summed E-state index contributed by atoms with van der Waals surface area (Å²) in [5, 5.41) is 3.23. The molecule has 10 heteroatoms. The zero-order chi connectivity index (χ0) is 24.6. The van der Waals surface area contributed by atoms with Crippen LogP contribution in [0, 0.1) is 0 Å². The van der Waals surface area contributed by atoms with Crippen molar-refractivity contribution < 1.29 is 22.7 Å². The van der Waals surface area contributed by atoms with Crippen LogP contribution in [0.15, 0.2) is 58.3 Å². The molecule has 5 rings (SSSR count). The van der Waals surface area contributed by atoms with Crippen molar-refractivity contribution in [2.24, 2.45) is 0 Å². The highest BCUT2D eigenvalue weighted by atomic mass is 32.2. The molecule has 35 heavy (non-hydrogen) atoms. The van der Waals surface area contributed by atoms with E-state index in [9.17, 15) is 18.0 Å². The smallest absolute Gasteiger partial charge is 0.268 e. The summed E-state index contributed by atoms with van der Waals surface area (Å²) in [5.41, 5.74) is 2.51. The van der Waals surface area contributed by atoms with Crippen LogP contribution in [0.1, 0.15) is 12.5 Å². The predicted octanol–water partition coefficient (Wildman–Crippen LogP) is 1.78. The maximum absolute atomic E-state index is 13.4. The first kappa shape index (κ1) is 23.4. The lowest BCUT2D eigenvalue weighted by Crippen LogP contribution is -2.48. The second-order valence-corrected chi connectivity index (χ2v) is 10.6. The lowest BCUT2D eigenvalue weighted by Gasteiger charge is -2.35. The SMILES string of the molecule is CC(=O)N1CCN(c2ccc(NC3=C(C(=O)N4CCOCC4)S(=O)(=O)c4ccccc43)cc2)CC1. The molecule has 0 saturated carbocycles. The Morgan fingerprint density at radius 2 is 1.51 bits per heavy atom. The summed E-state index contributed by atoms with van der Waals surface area (Å²) in [7, 11) is -3.96. The maximum atomic E-state index is 13.4. The van der Waals surface area contributed by atoms with Gasteiger partial charge in [-0.15, -0.1) is 0 Å². The second kappa shape index (κ2) is 9.35. The van der Waals surface area contributed by atoms with Crippen LogP contribution in [0.3, 0.4) is 0 Å². The van der Waals surface area contributed by atoms with Crippen molar-refractivity contribution in [2.75, 3.05) is 62.7 Å². The minimum Gasteiger partial charge on any atom is -0.378 e. The number of carbonyl (C=O) groups is 2. The highest BCUT2D eigenvalue weighted by Crippen LogP contribution is 2.40. The molecule has 0 atom stereocenters. The molecule has 0 spiro atoms. The van der Waals surface area contributed by atoms with Crippen molar-refractivity contribution in [1.82, 2.24) is 9.80 Å². The van der Waals surface area contributed by atoms with Gasteiger partial charge in [-0.3, -0.25) is 9.59 Å². The number of sulfone groups is 1. The molecule has 2 saturated heterocycles. The molecular formula is C25H28N4O5S. The Balaban J connectivity index is 1.42. The number of carbonyl (C=O) groups excluding carboxylic acids is 2. The number of ether oxygens (including phenoxy) is 1. The summed E-state index contributed by atoms with van der Waals surface area (Å²) in [6.07, 6.45) is 0. The zero-order valence-corrected chi connectivity index (χ0v) is 20.4. The first-order valence-electron chi connectivity index (χ1n) is 11.7. The number of anilines is 2. The van der Waals surface area contributed by atoms with Crippen molar-refractivity contribution in [3.05, 3.63) is 59.0 Å². The molecule has 3 aliphatic heterocycles. The number of piperazine rings is 1. The van der Waals surface area contributed by atoms with E-state index >= 15 is 0 Å². The summed E-state index contributed by atoms with van der Waals surface area (Å²) < 4.78 is 32.1. The molecular weight excluding hydrogens is 468 g/mol.